The third-order valence-electron chi connectivity index (χ3n) is 5.82. The van der Waals surface area contributed by atoms with E-state index in [1.807, 2.05) is 24.3 Å². The molecule has 4 unspecified atom stereocenters. The first-order valence-electron chi connectivity index (χ1n) is 10.8. The van der Waals surface area contributed by atoms with Crippen LogP contribution in [0.3, 0.4) is 0 Å². The molecule has 0 aliphatic carbocycles. The third-order valence-corrected chi connectivity index (χ3v) is 5.82. The number of aliphatic carboxylic acids is 1. The molecule has 33 heavy (non-hydrogen) atoms. The summed E-state index contributed by atoms with van der Waals surface area (Å²) >= 11 is 0. The number of carboxylic acid groups (broad SMARTS) is 1. The van der Waals surface area contributed by atoms with Gasteiger partial charge in [-0.1, -0.05) is 18.2 Å². The van der Waals surface area contributed by atoms with Crippen molar-refractivity contribution in [3.8, 4) is 0 Å². The van der Waals surface area contributed by atoms with Crippen LogP contribution >= 0.6 is 0 Å². The Labute approximate surface area is 190 Å². The third kappa shape index (κ3) is 5.49. The molecule has 0 radical (unpaired) electrons. The van der Waals surface area contributed by atoms with Gasteiger partial charge in [-0.15, -0.1) is 0 Å². The lowest BCUT2D eigenvalue weighted by molar-refractivity contribution is -0.145. The summed E-state index contributed by atoms with van der Waals surface area (Å²) in [6, 6.07) is 3.54. The molecule has 1 aliphatic heterocycles. The van der Waals surface area contributed by atoms with Gasteiger partial charge >= 0.3 is 5.97 Å². The molecule has 0 bridgehead atoms. The van der Waals surface area contributed by atoms with Gasteiger partial charge in [0.25, 0.3) is 0 Å². The maximum atomic E-state index is 12.9. The molecular weight excluding hydrogens is 430 g/mol. The number of aliphatic hydroxyl groups excluding tert-OH is 1. The number of aliphatic hydroxyl groups is 1. The quantitative estimate of drug-likeness (QED) is 0.281. The van der Waals surface area contributed by atoms with Crippen molar-refractivity contribution in [2.75, 3.05) is 13.2 Å². The lowest BCUT2D eigenvalue weighted by Crippen LogP contribution is -2.56. The number of benzene rings is 1. The van der Waals surface area contributed by atoms with Gasteiger partial charge in [-0.2, -0.15) is 0 Å². The van der Waals surface area contributed by atoms with Crippen molar-refractivity contribution < 1.29 is 29.4 Å². The van der Waals surface area contributed by atoms with Gasteiger partial charge in [0.1, 0.15) is 18.1 Å². The molecule has 1 aromatic carbocycles. The number of hydrogen-bond acceptors (Lipinski definition) is 6. The summed E-state index contributed by atoms with van der Waals surface area (Å²) in [7, 11) is 0. The van der Waals surface area contributed by atoms with Crippen LogP contribution in [0.5, 0.6) is 0 Å². The monoisotopic (exact) mass is 459 g/mol. The number of rotatable bonds is 9. The van der Waals surface area contributed by atoms with Gasteiger partial charge in [0.05, 0.1) is 12.6 Å². The number of carbonyl (C=O) groups excluding carboxylic acids is 3. The topological polar surface area (TPSA) is 178 Å². The summed E-state index contributed by atoms with van der Waals surface area (Å²) in [5, 5.41) is 24.0. The fourth-order valence-corrected chi connectivity index (χ4v) is 4.02. The van der Waals surface area contributed by atoms with E-state index in [-0.39, 0.29) is 6.42 Å². The number of likely N-dealkylation sites (tertiary alicyclic amines) is 1. The zero-order valence-corrected chi connectivity index (χ0v) is 18.3. The van der Waals surface area contributed by atoms with Crippen LogP contribution in [-0.4, -0.2) is 81.1 Å². The number of amides is 3. The number of nitrogens with one attached hydrogen (secondary N) is 3. The molecule has 11 heteroatoms. The van der Waals surface area contributed by atoms with Crippen molar-refractivity contribution in [3.05, 3.63) is 36.0 Å². The number of aromatic amines is 1. The highest BCUT2D eigenvalue weighted by Crippen LogP contribution is 2.20. The van der Waals surface area contributed by atoms with Crippen LogP contribution in [0.25, 0.3) is 10.9 Å². The summed E-state index contributed by atoms with van der Waals surface area (Å²) in [6.45, 7) is 1.05. The summed E-state index contributed by atoms with van der Waals surface area (Å²) < 4.78 is 0. The van der Waals surface area contributed by atoms with E-state index in [0.717, 1.165) is 16.5 Å². The average molecular weight is 460 g/mol. The maximum absolute atomic E-state index is 12.9. The molecule has 0 saturated carbocycles. The second kappa shape index (κ2) is 10.5. The van der Waals surface area contributed by atoms with Crippen LogP contribution in [0.4, 0.5) is 0 Å². The molecule has 2 heterocycles. The van der Waals surface area contributed by atoms with Gasteiger partial charge in [-0.3, -0.25) is 14.4 Å². The van der Waals surface area contributed by atoms with Crippen molar-refractivity contribution in [2.45, 2.75) is 50.4 Å². The first kappa shape index (κ1) is 24.2. The highest BCUT2D eigenvalue weighted by molar-refractivity contribution is 5.94. The highest BCUT2D eigenvalue weighted by Gasteiger charge is 2.37. The highest BCUT2D eigenvalue weighted by atomic mass is 16.4. The fraction of sp³-hybridized carbons (Fsp3) is 0.455. The van der Waals surface area contributed by atoms with Gasteiger partial charge in [0, 0.05) is 23.6 Å². The van der Waals surface area contributed by atoms with Crippen LogP contribution in [-0.2, 0) is 25.6 Å². The molecule has 1 aliphatic rings. The Kier molecular flexibility index (Phi) is 7.67. The molecule has 2 aromatic rings. The normalized spacial score (nSPS) is 18.5. The van der Waals surface area contributed by atoms with Crippen LogP contribution in [0.1, 0.15) is 25.3 Å². The summed E-state index contributed by atoms with van der Waals surface area (Å²) in [6.07, 6.45) is 3.00. The maximum Gasteiger partial charge on any atom is 0.328 e. The summed E-state index contributed by atoms with van der Waals surface area (Å²) in [5.41, 5.74) is 7.91. The lowest BCUT2D eigenvalue weighted by atomic mass is 10.0. The average Bonchev–Trinajstić information content (AvgIpc) is 3.44. The lowest BCUT2D eigenvalue weighted by Gasteiger charge is -2.28. The zero-order valence-electron chi connectivity index (χ0n) is 18.3. The Morgan fingerprint density at radius 2 is 1.97 bits per heavy atom. The first-order valence-corrected chi connectivity index (χ1v) is 10.8. The molecule has 1 fully saturated rings. The Morgan fingerprint density at radius 3 is 2.67 bits per heavy atom. The van der Waals surface area contributed by atoms with Gasteiger partial charge in [-0.05, 0) is 37.8 Å². The van der Waals surface area contributed by atoms with Crippen molar-refractivity contribution >= 4 is 34.6 Å². The minimum Gasteiger partial charge on any atom is -0.480 e. The van der Waals surface area contributed by atoms with Crippen LogP contribution in [0, 0.1) is 0 Å². The largest absolute Gasteiger partial charge is 0.480 e. The molecular formula is C22H29N5O6. The Bertz CT molecular complexity index is 1040. The summed E-state index contributed by atoms with van der Waals surface area (Å²) in [4.78, 5) is 53.5. The number of carboxylic acids is 1. The first-order chi connectivity index (χ1) is 15.7. The zero-order chi connectivity index (χ0) is 24.1. The number of aromatic nitrogens is 1. The number of fused-ring (bicyclic) bond motifs is 1. The molecule has 0 spiro atoms. The van der Waals surface area contributed by atoms with Gasteiger partial charge in [0.15, 0.2) is 0 Å². The Balaban J connectivity index is 1.58. The minimum atomic E-state index is -1.45. The number of para-hydroxylation sites is 1. The predicted molar refractivity (Wildman–Crippen MR) is 119 cm³/mol. The number of hydrogen-bond donors (Lipinski definition) is 6. The van der Waals surface area contributed by atoms with Gasteiger partial charge in [-0.25, -0.2) is 4.79 Å². The van der Waals surface area contributed by atoms with Crippen LogP contribution in [0.2, 0.25) is 0 Å². The molecule has 4 atom stereocenters. The molecule has 3 amide bonds. The van der Waals surface area contributed by atoms with Crippen molar-refractivity contribution in [2.24, 2.45) is 5.73 Å². The van der Waals surface area contributed by atoms with E-state index in [9.17, 15) is 19.2 Å². The Morgan fingerprint density at radius 1 is 1.24 bits per heavy atom. The number of carbonyl (C=O) groups is 4. The predicted octanol–water partition coefficient (Wildman–Crippen LogP) is -0.905. The SMILES string of the molecule is CC(NC(=O)C(N)Cc1c[nH]c2ccccc12)C(=O)N1CCCC1C(=O)NC(CO)C(=O)O. The Hall–Kier alpha value is -3.44. The molecule has 7 N–H and O–H groups in total. The van der Waals surface area contributed by atoms with E-state index >= 15 is 0 Å². The number of nitrogens with two attached hydrogens (primary N) is 1. The van der Waals surface area contributed by atoms with Crippen molar-refractivity contribution in [1.29, 1.82) is 0 Å². The summed E-state index contributed by atoms with van der Waals surface area (Å²) in [5.74, 6) is -2.98. The molecule has 3 rings (SSSR count). The standard InChI is InChI=1S/C22H29N5O6/c1-12(21(31)27-8-4-7-18(27)20(30)26-17(11-28)22(32)33)25-19(29)15(23)9-13-10-24-16-6-3-2-5-14(13)16/h2-3,5-6,10,12,15,17-18,24,28H,4,7-9,11,23H2,1H3,(H,25,29)(H,26,30)(H,32,33). The van der Waals surface area contributed by atoms with Gasteiger partial charge < -0.3 is 36.5 Å². The van der Waals surface area contributed by atoms with Crippen LogP contribution in [0.15, 0.2) is 30.5 Å². The molecule has 1 aromatic heterocycles. The molecule has 1 saturated heterocycles. The van der Waals surface area contributed by atoms with E-state index in [1.165, 1.54) is 11.8 Å². The number of H-pyrrole nitrogens is 1. The number of nitrogens with zero attached hydrogens (tertiary/aromatic N) is 1. The van der Waals surface area contributed by atoms with E-state index in [2.05, 4.69) is 15.6 Å². The minimum absolute atomic E-state index is 0.281. The van der Waals surface area contributed by atoms with E-state index in [0.29, 0.717) is 19.4 Å². The van der Waals surface area contributed by atoms with Gasteiger partial charge in [0.2, 0.25) is 17.7 Å². The van der Waals surface area contributed by atoms with E-state index in [1.54, 1.807) is 6.20 Å². The van der Waals surface area contributed by atoms with Crippen LogP contribution < -0.4 is 16.4 Å². The molecule has 178 valence electrons. The second-order valence-corrected chi connectivity index (χ2v) is 8.17. The molecule has 11 nitrogen and oxygen atoms in total. The fourth-order valence-electron chi connectivity index (χ4n) is 4.02. The van der Waals surface area contributed by atoms with E-state index < -0.39 is 54.5 Å². The smallest absolute Gasteiger partial charge is 0.328 e. The second-order valence-electron chi connectivity index (χ2n) is 8.17. The van der Waals surface area contributed by atoms with E-state index in [4.69, 9.17) is 15.9 Å². The van der Waals surface area contributed by atoms with Crippen molar-refractivity contribution in [1.82, 2.24) is 20.5 Å². The van der Waals surface area contributed by atoms with Crippen molar-refractivity contribution in [3.63, 3.8) is 0 Å².